The summed E-state index contributed by atoms with van der Waals surface area (Å²) in [6.07, 6.45) is -1.10. The molecule has 0 aliphatic heterocycles. The van der Waals surface area contributed by atoms with Crippen molar-refractivity contribution in [1.29, 1.82) is 0 Å². The van der Waals surface area contributed by atoms with Gasteiger partial charge in [-0.1, -0.05) is 33.0 Å². The van der Waals surface area contributed by atoms with Gasteiger partial charge in [0, 0.05) is 23.7 Å². The Bertz CT molecular complexity index is 951. The van der Waals surface area contributed by atoms with Crippen LogP contribution in [0.5, 0.6) is 0 Å². The molecule has 4 aliphatic carbocycles. The average Bonchev–Trinajstić information content (AvgIpc) is 3.03. The average molecular weight is 530 g/mol. The molecule has 7 nitrogen and oxygen atoms in total. The van der Waals surface area contributed by atoms with E-state index in [2.05, 4.69) is 17.5 Å². The molecule has 36 heavy (non-hydrogen) atoms. The first-order chi connectivity index (χ1) is 16.8. The number of thiocarbonyl (C=S) groups is 1. The minimum Gasteiger partial charge on any atom is -0.455 e. The number of fused-ring (bicyclic) bond motifs is 5. The zero-order valence-corrected chi connectivity index (χ0v) is 21.9. The summed E-state index contributed by atoms with van der Waals surface area (Å²) >= 11 is 4.53. The third-order valence-electron chi connectivity index (χ3n) is 10.5. The molecule has 0 heterocycles. The highest BCUT2D eigenvalue weighted by molar-refractivity contribution is 7.78. The van der Waals surface area contributed by atoms with Gasteiger partial charge in [0.15, 0.2) is 6.61 Å². The van der Waals surface area contributed by atoms with Crippen molar-refractivity contribution < 1.29 is 38.1 Å². The number of halogens is 2. The van der Waals surface area contributed by atoms with Crippen LogP contribution in [0.2, 0.25) is 0 Å². The summed E-state index contributed by atoms with van der Waals surface area (Å²) in [7, 11) is 0. The molecule has 202 valence electrons. The van der Waals surface area contributed by atoms with E-state index in [0.29, 0.717) is 38.5 Å². The van der Waals surface area contributed by atoms with Crippen molar-refractivity contribution in [3.05, 3.63) is 0 Å². The molecule has 0 aromatic rings. The van der Waals surface area contributed by atoms with Crippen LogP contribution >= 0.6 is 12.2 Å². The van der Waals surface area contributed by atoms with E-state index in [1.165, 1.54) is 0 Å². The summed E-state index contributed by atoms with van der Waals surface area (Å²) in [4.78, 5) is 37.4. The number of hydrogen-bond acceptors (Lipinski definition) is 7. The second-order valence-electron chi connectivity index (χ2n) is 12.0. The van der Waals surface area contributed by atoms with Crippen molar-refractivity contribution in [2.24, 2.45) is 34.5 Å². The number of alkyl halides is 2. The first-order valence-electron chi connectivity index (χ1n) is 12.9. The predicted molar refractivity (Wildman–Crippen MR) is 130 cm³/mol. The number of hydrogen-bond donors (Lipinski definition) is 3. The van der Waals surface area contributed by atoms with E-state index in [1.807, 2.05) is 6.92 Å². The number of ether oxygens (including phenoxy) is 1. The van der Waals surface area contributed by atoms with E-state index in [9.17, 15) is 29.0 Å². The molecule has 4 rings (SSSR count). The van der Waals surface area contributed by atoms with E-state index >= 15 is 4.39 Å². The van der Waals surface area contributed by atoms with Crippen LogP contribution < -0.4 is 5.32 Å². The molecule has 0 bridgehead atoms. The molecule has 3 N–H and O–H groups in total. The molecule has 0 spiro atoms. The zero-order valence-electron chi connectivity index (χ0n) is 21.1. The fourth-order valence-corrected chi connectivity index (χ4v) is 8.65. The van der Waals surface area contributed by atoms with Crippen LogP contribution in [-0.2, 0) is 19.1 Å². The topological polar surface area (TPSA) is 113 Å². The first kappa shape index (κ1) is 27.5. The van der Waals surface area contributed by atoms with Crippen molar-refractivity contribution >= 4 is 35.2 Å². The minimum atomic E-state index is -2.03. The van der Waals surface area contributed by atoms with Gasteiger partial charge in [-0.25, -0.2) is 13.6 Å². The van der Waals surface area contributed by atoms with Crippen LogP contribution in [0.4, 0.5) is 8.78 Å². The number of nitrogens with one attached hydrogen (secondary N) is 1. The molecule has 4 aliphatic rings. The number of carbonyl (C=O) groups excluding carboxylic acids is 3. The smallest absolute Gasteiger partial charge is 0.343 e. The lowest BCUT2D eigenvalue weighted by molar-refractivity contribution is -0.255. The number of carbonyl (C=O) groups is 3. The van der Waals surface area contributed by atoms with Gasteiger partial charge in [0.25, 0.3) is 0 Å². The minimum absolute atomic E-state index is 0.132. The summed E-state index contributed by atoms with van der Waals surface area (Å²) in [6, 6.07) is 0. The summed E-state index contributed by atoms with van der Waals surface area (Å²) in [5, 5.41) is 25.6. The molecular weight excluding hydrogens is 492 g/mol. The molecule has 0 aromatic heterocycles. The van der Waals surface area contributed by atoms with Gasteiger partial charge in [-0.2, -0.15) is 0 Å². The van der Waals surface area contributed by atoms with Crippen molar-refractivity contribution in [2.45, 2.75) is 89.3 Å². The lowest BCUT2D eigenvalue weighted by Crippen LogP contribution is -2.71. The lowest BCUT2D eigenvalue weighted by atomic mass is 9.42. The molecule has 0 aromatic carbocycles. The van der Waals surface area contributed by atoms with Gasteiger partial charge >= 0.3 is 5.97 Å². The van der Waals surface area contributed by atoms with Crippen LogP contribution in [0.25, 0.3) is 0 Å². The molecule has 10 atom stereocenters. The van der Waals surface area contributed by atoms with E-state index < -0.39 is 71.1 Å². The molecular formula is C26H37F2NO6S. The van der Waals surface area contributed by atoms with Crippen LogP contribution in [0, 0.1) is 34.5 Å². The Morgan fingerprint density at radius 1 is 1.28 bits per heavy atom. The second-order valence-corrected chi connectivity index (χ2v) is 12.2. The largest absolute Gasteiger partial charge is 0.455 e. The fraction of sp³-hybridized carbons (Fsp3) is 0.846. The SMILES string of the molecule is C[C@H]1CC2C3CCC4CC(=O)CC[C@]4(C)[C@@]3(F)[C@@H](O)C[C@]2(C)[C@@]1(O)C(=O)COC(=O)C(F)CNC=S. The quantitative estimate of drug-likeness (QED) is 0.341. The van der Waals surface area contributed by atoms with Crippen LogP contribution in [0.1, 0.15) is 65.7 Å². The Hall–Kier alpha value is -1.52. The monoisotopic (exact) mass is 529 g/mol. The number of esters is 1. The zero-order chi connectivity index (χ0) is 26.7. The van der Waals surface area contributed by atoms with Crippen molar-refractivity contribution in [3.8, 4) is 0 Å². The Morgan fingerprint density at radius 3 is 2.64 bits per heavy atom. The van der Waals surface area contributed by atoms with Gasteiger partial charge in [-0.05, 0) is 55.8 Å². The Kier molecular flexibility index (Phi) is 7.14. The summed E-state index contributed by atoms with van der Waals surface area (Å²) in [5.74, 6) is -3.57. The van der Waals surface area contributed by atoms with E-state index in [-0.39, 0.29) is 24.0 Å². The van der Waals surface area contributed by atoms with Crippen LogP contribution in [0.3, 0.4) is 0 Å². The number of aliphatic hydroxyl groups excluding tert-OH is 1. The third kappa shape index (κ3) is 3.68. The van der Waals surface area contributed by atoms with Crippen LogP contribution in [-0.4, -0.2) is 69.9 Å². The highest BCUT2D eigenvalue weighted by Gasteiger charge is 2.76. The number of rotatable bonds is 7. The van der Waals surface area contributed by atoms with Gasteiger partial charge in [-0.3, -0.25) is 9.59 Å². The molecule has 4 saturated carbocycles. The van der Waals surface area contributed by atoms with E-state index in [4.69, 9.17) is 4.74 Å². The Labute approximate surface area is 215 Å². The van der Waals surface area contributed by atoms with Crippen molar-refractivity contribution in [2.75, 3.05) is 13.2 Å². The molecule has 0 saturated heterocycles. The van der Waals surface area contributed by atoms with Gasteiger partial charge in [-0.15, -0.1) is 0 Å². The maximum atomic E-state index is 17.2. The molecule has 4 unspecified atom stereocenters. The van der Waals surface area contributed by atoms with Crippen molar-refractivity contribution in [3.63, 3.8) is 0 Å². The number of ketones is 2. The van der Waals surface area contributed by atoms with E-state index in [0.717, 1.165) is 5.49 Å². The fourth-order valence-electron chi connectivity index (χ4n) is 8.55. The Balaban J connectivity index is 1.59. The van der Waals surface area contributed by atoms with Gasteiger partial charge in [0.05, 0.1) is 18.1 Å². The summed E-state index contributed by atoms with van der Waals surface area (Å²) < 4.78 is 36.0. The highest BCUT2D eigenvalue weighted by atomic mass is 32.1. The second kappa shape index (κ2) is 9.34. The van der Waals surface area contributed by atoms with E-state index in [1.54, 1.807) is 13.8 Å². The summed E-state index contributed by atoms with van der Waals surface area (Å²) in [6.45, 7) is 4.06. The van der Waals surface area contributed by atoms with Gasteiger partial charge < -0.3 is 20.3 Å². The number of Topliss-reactive ketones (excluding diaryl/α,β-unsaturated/α-hetero) is 2. The normalized spacial score (nSPS) is 46.6. The molecule has 0 amide bonds. The number of aliphatic hydroxyl groups is 2. The maximum Gasteiger partial charge on any atom is 0.343 e. The molecule has 0 radical (unpaired) electrons. The van der Waals surface area contributed by atoms with Gasteiger partial charge in [0.2, 0.25) is 12.0 Å². The van der Waals surface area contributed by atoms with Crippen molar-refractivity contribution in [1.82, 2.24) is 5.32 Å². The predicted octanol–water partition coefficient (Wildman–Crippen LogP) is 2.64. The van der Waals surface area contributed by atoms with Gasteiger partial charge in [0.1, 0.15) is 17.1 Å². The highest BCUT2D eigenvalue weighted by Crippen LogP contribution is 2.71. The molecule has 4 fully saturated rings. The third-order valence-corrected chi connectivity index (χ3v) is 10.7. The lowest BCUT2D eigenvalue weighted by Gasteiger charge is -2.65. The maximum absolute atomic E-state index is 17.2. The Morgan fingerprint density at radius 2 is 1.97 bits per heavy atom. The molecule has 10 heteroatoms. The summed E-state index contributed by atoms with van der Waals surface area (Å²) in [5.41, 5.74) is -4.86. The van der Waals surface area contributed by atoms with Crippen LogP contribution in [0.15, 0.2) is 0 Å². The standard InChI is InChI=1S/C26H37F2NO6S/c1-14-8-18-17-5-4-15-9-16(30)6-7-23(15,2)25(17,28)20(31)10-24(18,3)26(14,34)21(32)12-35-22(33)19(27)11-29-13-36/h13-15,17-20,31,34H,4-12H2,1-3H3,(H,29,36)/t14-,15?,17?,18?,19?,20-,23-,24-,25-,26-/m0/s1. The first-order valence-corrected chi connectivity index (χ1v) is 13.4.